The van der Waals surface area contributed by atoms with Crippen LogP contribution in [0.5, 0.6) is 0 Å². The summed E-state index contributed by atoms with van der Waals surface area (Å²) in [6, 6.07) is 5.31. The first-order valence-corrected chi connectivity index (χ1v) is 5.06. The van der Waals surface area contributed by atoms with E-state index in [1.54, 1.807) is 18.3 Å². The fraction of sp³-hybridized carbons (Fsp3) is 0.100. The Morgan fingerprint density at radius 3 is 2.67 bits per heavy atom. The Morgan fingerprint density at radius 1 is 1.27 bits per heavy atom. The molecular weight excluding hydrogens is 235 g/mol. The van der Waals surface area contributed by atoms with Crippen LogP contribution < -0.4 is 0 Å². The van der Waals surface area contributed by atoms with Gasteiger partial charge in [-0.2, -0.15) is 0 Å². The highest BCUT2D eigenvalue weighted by Gasteiger charge is 2.04. The SMILES string of the molecule is OCc1ncc(-c2ccc(Cl)c(Cl)c2)[nH]1. The van der Waals surface area contributed by atoms with Gasteiger partial charge in [-0.05, 0) is 12.1 Å². The first-order chi connectivity index (χ1) is 7.20. The maximum Gasteiger partial charge on any atom is 0.132 e. The maximum absolute atomic E-state index is 8.86. The van der Waals surface area contributed by atoms with Crippen molar-refractivity contribution in [3.63, 3.8) is 0 Å². The van der Waals surface area contributed by atoms with Crippen molar-refractivity contribution in [2.45, 2.75) is 6.61 Å². The van der Waals surface area contributed by atoms with Gasteiger partial charge in [-0.15, -0.1) is 0 Å². The number of aliphatic hydroxyl groups excluding tert-OH is 1. The van der Waals surface area contributed by atoms with Gasteiger partial charge in [-0.25, -0.2) is 4.98 Å². The van der Waals surface area contributed by atoms with E-state index in [2.05, 4.69) is 9.97 Å². The Balaban J connectivity index is 2.40. The minimum atomic E-state index is -0.110. The molecule has 1 aromatic carbocycles. The van der Waals surface area contributed by atoms with Gasteiger partial charge < -0.3 is 10.1 Å². The summed E-state index contributed by atoms with van der Waals surface area (Å²) in [5.74, 6) is 0.524. The van der Waals surface area contributed by atoms with Crippen LogP contribution in [0.15, 0.2) is 24.4 Å². The molecule has 0 amide bonds. The lowest BCUT2D eigenvalue weighted by Gasteiger charge is -1.99. The topological polar surface area (TPSA) is 48.9 Å². The van der Waals surface area contributed by atoms with E-state index in [-0.39, 0.29) is 6.61 Å². The second-order valence-corrected chi connectivity index (χ2v) is 3.84. The number of hydrogen-bond donors (Lipinski definition) is 2. The molecule has 0 saturated carbocycles. The number of benzene rings is 1. The summed E-state index contributed by atoms with van der Waals surface area (Å²) < 4.78 is 0. The molecule has 3 nitrogen and oxygen atoms in total. The number of H-pyrrole nitrogens is 1. The predicted octanol–water partition coefficient (Wildman–Crippen LogP) is 2.88. The van der Waals surface area contributed by atoms with Crippen molar-refractivity contribution in [3.05, 3.63) is 40.3 Å². The van der Waals surface area contributed by atoms with Crippen LogP contribution >= 0.6 is 23.2 Å². The summed E-state index contributed by atoms with van der Waals surface area (Å²) in [6.07, 6.45) is 1.64. The molecule has 0 radical (unpaired) electrons. The molecule has 0 fully saturated rings. The zero-order chi connectivity index (χ0) is 10.8. The molecule has 2 aromatic rings. The smallest absolute Gasteiger partial charge is 0.132 e. The lowest BCUT2D eigenvalue weighted by molar-refractivity contribution is 0.272. The van der Waals surface area contributed by atoms with E-state index in [0.29, 0.717) is 15.9 Å². The van der Waals surface area contributed by atoms with Gasteiger partial charge in [-0.1, -0.05) is 29.3 Å². The number of aromatic amines is 1. The highest BCUT2D eigenvalue weighted by Crippen LogP contribution is 2.27. The van der Waals surface area contributed by atoms with Gasteiger partial charge in [0.25, 0.3) is 0 Å². The number of rotatable bonds is 2. The number of halogens is 2. The first-order valence-electron chi connectivity index (χ1n) is 4.31. The zero-order valence-electron chi connectivity index (χ0n) is 7.67. The molecule has 0 unspecified atom stereocenters. The van der Waals surface area contributed by atoms with Crippen LogP contribution in [-0.4, -0.2) is 15.1 Å². The van der Waals surface area contributed by atoms with Crippen molar-refractivity contribution < 1.29 is 5.11 Å². The summed E-state index contributed by atoms with van der Waals surface area (Å²) >= 11 is 11.7. The lowest BCUT2D eigenvalue weighted by Crippen LogP contribution is -1.85. The van der Waals surface area contributed by atoms with Gasteiger partial charge in [0.1, 0.15) is 12.4 Å². The Kier molecular flexibility index (Phi) is 2.95. The third-order valence-electron chi connectivity index (χ3n) is 2.01. The van der Waals surface area contributed by atoms with Crippen LogP contribution in [0.25, 0.3) is 11.3 Å². The fourth-order valence-corrected chi connectivity index (χ4v) is 1.55. The van der Waals surface area contributed by atoms with Gasteiger partial charge in [0.2, 0.25) is 0 Å². The van der Waals surface area contributed by atoms with E-state index in [9.17, 15) is 0 Å². The molecule has 5 heteroatoms. The summed E-state index contributed by atoms with van der Waals surface area (Å²) in [6.45, 7) is -0.110. The fourth-order valence-electron chi connectivity index (χ4n) is 1.25. The molecule has 0 bridgehead atoms. The van der Waals surface area contributed by atoms with E-state index >= 15 is 0 Å². The van der Waals surface area contributed by atoms with Gasteiger partial charge in [0.05, 0.1) is 21.9 Å². The third-order valence-corrected chi connectivity index (χ3v) is 2.75. The average molecular weight is 243 g/mol. The molecule has 0 saturated heterocycles. The largest absolute Gasteiger partial charge is 0.388 e. The summed E-state index contributed by atoms with van der Waals surface area (Å²) in [5.41, 5.74) is 1.69. The van der Waals surface area contributed by atoms with Crippen molar-refractivity contribution in [1.82, 2.24) is 9.97 Å². The van der Waals surface area contributed by atoms with E-state index in [1.807, 2.05) is 6.07 Å². The van der Waals surface area contributed by atoms with Crippen molar-refractivity contribution in [1.29, 1.82) is 0 Å². The lowest BCUT2D eigenvalue weighted by atomic mass is 10.2. The molecule has 2 N–H and O–H groups in total. The first kappa shape index (κ1) is 10.5. The maximum atomic E-state index is 8.86. The molecule has 15 heavy (non-hydrogen) atoms. The van der Waals surface area contributed by atoms with Crippen LogP contribution in [0, 0.1) is 0 Å². The highest BCUT2D eigenvalue weighted by atomic mass is 35.5. The molecule has 2 rings (SSSR count). The Labute approximate surface area is 96.7 Å². The minimum absolute atomic E-state index is 0.110. The van der Waals surface area contributed by atoms with Gasteiger partial charge >= 0.3 is 0 Å². The summed E-state index contributed by atoms with van der Waals surface area (Å²) in [5, 5.41) is 9.87. The van der Waals surface area contributed by atoms with Gasteiger partial charge in [-0.3, -0.25) is 0 Å². The van der Waals surface area contributed by atoms with Crippen LogP contribution in [-0.2, 0) is 6.61 Å². The molecule has 1 heterocycles. The van der Waals surface area contributed by atoms with Gasteiger partial charge in [0, 0.05) is 5.56 Å². The molecule has 78 valence electrons. The van der Waals surface area contributed by atoms with Gasteiger partial charge in [0.15, 0.2) is 0 Å². The van der Waals surface area contributed by atoms with Crippen LogP contribution in [0.4, 0.5) is 0 Å². The number of imidazole rings is 1. The summed E-state index contributed by atoms with van der Waals surface area (Å²) in [4.78, 5) is 6.94. The van der Waals surface area contributed by atoms with E-state index < -0.39 is 0 Å². The Bertz CT molecular complexity index is 482. The second-order valence-electron chi connectivity index (χ2n) is 3.03. The molecule has 0 atom stereocenters. The standard InChI is InChI=1S/C10H8Cl2N2O/c11-7-2-1-6(3-8(7)12)9-4-13-10(5-15)14-9/h1-4,15H,5H2,(H,13,14). The average Bonchev–Trinajstić information content (AvgIpc) is 2.70. The number of nitrogens with zero attached hydrogens (tertiary/aromatic N) is 1. The van der Waals surface area contributed by atoms with Crippen LogP contribution in [0.2, 0.25) is 10.0 Å². The Hall–Kier alpha value is -1.03. The van der Waals surface area contributed by atoms with Crippen molar-refractivity contribution in [2.75, 3.05) is 0 Å². The molecule has 0 spiro atoms. The zero-order valence-corrected chi connectivity index (χ0v) is 9.18. The molecule has 0 aliphatic carbocycles. The number of aromatic nitrogens is 2. The monoisotopic (exact) mass is 242 g/mol. The minimum Gasteiger partial charge on any atom is -0.388 e. The summed E-state index contributed by atoms with van der Waals surface area (Å²) in [7, 11) is 0. The van der Waals surface area contributed by atoms with E-state index in [4.69, 9.17) is 28.3 Å². The number of nitrogens with one attached hydrogen (secondary N) is 1. The van der Waals surface area contributed by atoms with Crippen molar-refractivity contribution in [3.8, 4) is 11.3 Å². The number of hydrogen-bond acceptors (Lipinski definition) is 2. The normalized spacial score (nSPS) is 10.6. The molecule has 1 aromatic heterocycles. The number of aliphatic hydroxyl groups is 1. The third kappa shape index (κ3) is 2.15. The van der Waals surface area contributed by atoms with Crippen molar-refractivity contribution >= 4 is 23.2 Å². The molecule has 0 aliphatic heterocycles. The highest BCUT2D eigenvalue weighted by molar-refractivity contribution is 6.42. The molecular formula is C10H8Cl2N2O. The van der Waals surface area contributed by atoms with Crippen LogP contribution in [0.1, 0.15) is 5.82 Å². The predicted molar refractivity (Wildman–Crippen MR) is 60.0 cm³/mol. The second kappa shape index (κ2) is 4.23. The van der Waals surface area contributed by atoms with E-state index in [0.717, 1.165) is 11.3 Å². The van der Waals surface area contributed by atoms with Crippen molar-refractivity contribution in [2.24, 2.45) is 0 Å². The molecule has 0 aliphatic rings. The quantitative estimate of drug-likeness (QED) is 0.851. The van der Waals surface area contributed by atoms with E-state index in [1.165, 1.54) is 0 Å². The van der Waals surface area contributed by atoms with Crippen LogP contribution in [0.3, 0.4) is 0 Å². The Morgan fingerprint density at radius 2 is 2.07 bits per heavy atom.